The number of ketones is 1. The fraction of sp³-hybridized carbons (Fsp3) is 0.0952. The Morgan fingerprint density at radius 3 is 2.72 bits per heavy atom. The number of rotatable bonds is 3. The van der Waals surface area contributed by atoms with Crippen molar-refractivity contribution in [1.82, 2.24) is 0 Å². The Bertz CT molecular complexity index is 1190. The van der Waals surface area contributed by atoms with Gasteiger partial charge in [-0.15, -0.1) is 11.3 Å². The number of carbonyl (C=O) groups excluding carboxylic acids is 2. The molecule has 29 heavy (non-hydrogen) atoms. The van der Waals surface area contributed by atoms with Crippen LogP contribution in [0.1, 0.15) is 20.8 Å². The van der Waals surface area contributed by atoms with Gasteiger partial charge in [0.2, 0.25) is 0 Å². The summed E-state index contributed by atoms with van der Waals surface area (Å²) in [4.78, 5) is 33.0. The monoisotopic (exact) mass is 442 g/mol. The van der Waals surface area contributed by atoms with E-state index in [1.165, 1.54) is 11.3 Å². The average molecular weight is 443 g/mol. The lowest BCUT2D eigenvalue weighted by molar-refractivity contribution is -0.140. The highest BCUT2D eigenvalue weighted by Gasteiger charge is 2.63. The number of Topliss-reactive ketones (excluding diaryl/α,β-unsaturated/α-hetero) is 1. The third kappa shape index (κ3) is 2.64. The zero-order valence-electron chi connectivity index (χ0n) is 14.7. The molecule has 1 N–H and O–H groups in total. The number of hydrogen-bond donors (Lipinski definition) is 1. The molecule has 0 fully saturated rings. The van der Waals surface area contributed by atoms with Gasteiger partial charge in [-0.3, -0.25) is 9.59 Å². The number of amides is 1. The predicted octanol–water partition coefficient (Wildman–Crippen LogP) is 5.14. The van der Waals surface area contributed by atoms with Crippen LogP contribution in [-0.2, 0) is 15.2 Å². The third-order valence-corrected chi connectivity index (χ3v) is 6.55. The number of oxime groups is 1. The van der Waals surface area contributed by atoms with Crippen LogP contribution < -0.4 is 5.32 Å². The fourth-order valence-corrected chi connectivity index (χ4v) is 5.02. The van der Waals surface area contributed by atoms with Gasteiger partial charge in [-0.1, -0.05) is 58.7 Å². The molecule has 0 aliphatic carbocycles. The Labute approximate surface area is 179 Å². The molecule has 2 aromatic carbocycles. The van der Waals surface area contributed by atoms with Crippen LogP contribution in [0.3, 0.4) is 0 Å². The largest absolute Gasteiger partial charge is 0.373 e. The highest BCUT2D eigenvalue weighted by molar-refractivity contribution is 7.12. The Hall–Kier alpha value is -2.67. The number of benzene rings is 2. The SMILES string of the molecule is O=C(c1cccs1)[C@H]1C(c2ccc(Cl)cc2Cl)=NO[C@]12C(=O)Nc1ccccc12. The number of anilines is 1. The minimum absolute atomic E-state index is 0.255. The standard InChI is InChI=1S/C21H12Cl2N2O3S/c22-11-7-8-12(14(23)10-11)18-17(19(26)16-6-3-9-29-16)21(28-25-18)13-4-1-2-5-15(13)24-20(21)27/h1-10,17H,(H,24,27)/t17-,21+/m1/s1. The van der Waals surface area contributed by atoms with Crippen LogP contribution in [-0.4, -0.2) is 17.4 Å². The fourth-order valence-electron chi connectivity index (χ4n) is 3.82. The molecule has 0 saturated heterocycles. The molecule has 1 aromatic heterocycles. The molecule has 1 amide bonds. The van der Waals surface area contributed by atoms with E-state index in [4.69, 9.17) is 28.0 Å². The van der Waals surface area contributed by atoms with Gasteiger partial charge in [0.05, 0.1) is 9.90 Å². The maximum Gasteiger partial charge on any atom is 0.277 e. The lowest BCUT2D eigenvalue weighted by Crippen LogP contribution is -2.46. The number of nitrogens with one attached hydrogen (secondary N) is 1. The maximum atomic E-state index is 13.6. The van der Waals surface area contributed by atoms with Crippen LogP contribution in [0.4, 0.5) is 5.69 Å². The molecule has 0 unspecified atom stereocenters. The summed E-state index contributed by atoms with van der Waals surface area (Å²) >= 11 is 13.7. The Kier molecular flexibility index (Phi) is 4.24. The van der Waals surface area contributed by atoms with Gasteiger partial charge >= 0.3 is 0 Å². The van der Waals surface area contributed by atoms with Crippen LogP contribution in [0.25, 0.3) is 0 Å². The number of para-hydroxylation sites is 1. The van der Waals surface area contributed by atoms with Crippen molar-refractivity contribution < 1.29 is 14.4 Å². The lowest BCUT2D eigenvalue weighted by Gasteiger charge is -2.26. The summed E-state index contributed by atoms with van der Waals surface area (Å²) in [7, 11) is 0. The number of halogens is 2. The Morgan fingerprint density at radius 1 is 1.14 bits per heavy atom. The predicted molar refractivity (Wildman–Crippen MR) is 113 cm³/mol. The third-order valence-electron chi connectivity index (χ3n) is 5.11. The van der Waals surface area contributed by atoms with E-state index >= 15 is 0 Å². The molecule has 3 aromatic rings. The minimum atomic E-state index is -1.59. The lowest BCUT2D eigenvalue weighted by atomic mass is 9.75. The van der Waals surface area contributed by atoms with Crippen molar-refractivity contribution in [1.29, 1.82) is 0 Å². The number of hydrogen-bond acceptors (Lipinski definition) is 5. The highest BCUT2D eigenvalue weighted by atomic mass is 35.5. The molecule has 144 valence electrons. The Morgan fingerprint density at radius 2 is 1.97 bits per heavy atom. The van der Waals surface area contributed by atoms with Gasteiger partial charge in [0.15, 0.2) is 5.78 Å². The quantitative estimate of drug-likeness (QED) is 0.571. The first kappa shape index (κ1) is 18.4. The van der Waals surface area contributed by atoms with Crippen LogP contribution >= 0.6 is 34.5 Å². The first-order valence-electron chi connectivity index (χ1n) is 8.72. The first-order chi connectivity index (χ1) is 14.0. The zero-order valence-corrected chi connectivity index (χ0v) is 17.0. The number of thiophene rings is 1. The van der Waals surface area contributed by atoms with E-state index in [0.29, 0.717) is 37.4 Å². The van der Waals surface area contributed by atoms with Crippen LogP contribution in [0.5, 0.6) is 0 Å². The van der Waals surface area contributed by atoms with E-state index < -0.39 is 17.4 Å². The molecule has 2 aliphatic heterocycles. The van der Waals surface area contributed by atoms with Crippen molar-refractivity contribution in [2.24, 2.45) is 11.1 Å². The van der Waals surface area contributed by atoms with Gasteiger partial charge < -0.3 is 10.2 Å². The summed E-state index contributed by atoms with van der Waals surface area (Å²) in [5.41, 5.74) is 0.386. The van der Waals surface area contributed by atoms with E-state index in [1.54, 1.807) is 54.6 Å². The summed E-state index contributed by atoms with van der Waals surface area (Å²) < 4.78 is 0. The first-order valence-corrected chi connectivity index (χ1v) is 10.4. The van der Waals surface area contributed by atoms with Gasteiger partial charge in [0.1, 0.15) is 11.6 Å². The summed E-state index contributed by atoms with van der Waals surface area (Å²) in [6, 6.07) is 15.6. The van der Waals surface area contributed by atoms with Crippen molar-refractivity contribution in [2.75, 3.05) is 5.32 Å². The molecule has 3 heterocycles. The second kappa shape index (κ2) is 6.69. The molecule has 0 radical (unpaired) electrons. The molecular formula is C21H12Cl2N2O3S. The molecule has 8 heteroatoms. The number of fused-ring (bicyclic) bond motifs is 2. The summed E-state index contributed by atoms with van der Waals surface area (Å²) in [5.74, 6) is -1.69. The van der Waals surface area contributed by atoms with E-state index in [-0.39, 0.29) is 5.78 Å². The van der Waals surface area contributed by atoms with Crippen molar-refractivity contribution in [3.63, 3.8) is 0 Å². The van der Waals surface area contributed by atoms with E-state index in [1.807, 2.05) is 5.38 Å². The van der Waals surface area contributed by atoms with Crippen molar-refractivity contribution in [3.05, 3.63) is 86.0 Å². The van der Waals surface area contributed by atoms with Gasteiger partial charge in [0, 0.05) is 21.8 Å². The van der Waals surface area contributed by atoms with Gasteiger partial charge in [-0.25, -0.2) is 0 Å². The topological polar surface area (TPSA) is 67.8 Å². The van der Waals surface area contributed by atoms with E-state index in [2.05, 4.69) is 10.5 Å². The van der Waals surface area contributed by atoms with Crippen molar-refractivity contribution in [2.45, 2.75) is 5.60 Å². The van der Waals surface area contributed by atoms with Gasteiger partial charge in [-0.05, 0) is 29.6 Å². The van der Waals surface area contributed by atoms with Crippen LogP contribution in [0, 0.1) is 5.92 Å². The molecule has 1 spiro atoms. The normalized spacial score (nSPS) is 22.2. The zero-order chi connectivity index (χ0) is 20.2. The minimum Gasteiger partial charge on any atom is -0.373 e. The number of nitrogens with zero attached hydrogens (tertiary/aromatic N) is 1. The molecule has 0 saturated carbocycles. The molecule has 0 bridgehead atoms. The van der Waals surface area contributed by atoms with Crippen molar-refractivity contribution >= 4 is 57.6 Å². The average Bonchev–Trinajstić information content (AvgIpc) is 3.42. The van der Waals surface area contributed by atoms with Gasteiger partial charge in [-0.2, -0.15) is 0 Å². The maximum absolute atomic E-state index is 13.6. The second-order valence-electron chi connectivity index (χ2n) is 6.70. The van der Waals surface area contributed by atoms with Crippen LogP contribution in [0.15, 0.2) is 65.1 Å². The molecule has 5 nitrogen and oxygen atoms in total. The molecule has 2 atom stereocenters. The molecular weight excluding hydrogens is 431 g/mol. The summed E-state index contributed by atoms with van der Waals surface area (Å²) in [6.07, 6.45) is 0. The second-order valence-corrected chi connectivity index (χ2v) is 8.49. The van der Waals surface area contributed by atoms with Gasteiger partial charge in [0.25, 0.3) is 11.5 Å². The van der Waals surface area contributed by atoms with E-state index in [0.717, 1.165) is 0 Å². The summed E-state index contributed by atoms with van der Waals surface area (Å²) in [6.45, 7) is 0. The highest BCUT2D eigenvalue weighted by Crippen LogP contribution is 2.50. The smallest absolute Gasteiger partial charge is 0.277 e. The van der Waals surface area contributed by atoms with Crippen LogP contribution in [0.2, 0.25) is 10.0 Å². The molecule has 5 rings (SSSR count). The Balaban J connectivity index is 1.72. The molecule has 2 aliphatic rings. The summed E-state index contributed by atoms with van der Waals surface area (Å²) in [5, 5.41) is 9.61. The van der Waals surface area contributed by atoms with E-state index in [9.17, 15) is 9.59 Å². The number of carbonyl (C=O) groups is 2. The van der Waals surface area contributed by atoms with Crippen molar-refractivity contribution in [3.8, 4) is 0 Å².